The van der Waals surface area contributed by atoms with Gasteiger partial charge in [0.15, 0.2) is 0 Å². The summed E-state index contributed by atoms with van der Waals surface area (Å²) >= 11 is 0. The molecule has 0 aliphatic heterocycles. The fraction of sp³-hybridized carbons (Fsp3) is 0.227. The highest BCUT2D eigenvalue weighted by Gasteiger charge is 2.13. The van der Waals surface area contributed by atoms with Crippen molar-refractivity contribution in [2.75, 3.05) is 18.5 Å². The third-order valence-electron chi connectivity index (χ3n) is 4.27. The van der Waals surface area contributed by atoms with Gasteiger partial charge in [-0.3, -0.25) is 0 Å². The van der Waals surface area contributed by atoms with Crippen LogP contribution in [0.5, 0.6) is 5.75 Å². The average Bonchev–Trinajstić information content (AvgIpc) is 2.72. The first kappa shape index (κ1) is 20.3. The van der Waals surface area contributed by atoms with Crippen molar-refractivity contribution in [3.8, 4) is 5.75 Å². The lowest BCUT2D eigenvalue weighted by Crippen LogP contribution is -2.15. The minimum Gasteiger partial charge on any atom is -0.492 e. The van der Waals surface area contributed by atoms with E-state index in [2.05, 4.69) is 15.3 Å². The Kier molecular flexibility index (Phi) is 7.10. The Labute approximate surface area is 168 Å². The third-order valence-corrected chi connectivity index (χ3v) is 4.27. The minimum absolute atomic E-state index is 0.111. The van der Waals surface area contributed by atoms with Crippen LogP contribution in [0, 0.1) is 5.82 Å². The Bertz CT molecular complexity index is 951. The summed E-state index contributed by atoms with van der Waals surface area (Å²) in [6, 6.07) is 15.9. The number of aryl methyl sites for hydroxylation is 2. The lowest BCUT2D eigenvalue weighted by molar-refractivity contribution is 0.0694. The Hall–Kier alpha value is -3.48. The summed E-state index contributed by atoms with van der Waals surface area (Å²) in [6.07, 6.45) is 3.48. The number of benzene rings is 2. The van der Waals surface area contributed by atoms with Gasteiger partial charge in [0.05, 0.1) is 17.8 Å². The number of ether oxygens (including phenoxy) is 1. The van der Waals surface area contributed by atoms with Crippen LogP contribution >= 0.6 is 0 Å². The minimum atomic E-state index is -1.04. The maximum absolute atomic E-state index is 13.1. The Morgan fingerprint density at radius 3 is 2.69 bits per heavy atom. The van der Waals surface area contributed by atoms with Crippen molar-refractivity contribution in [2.45, 2.75) is 19.3 Å². The quantitative estimate of drug-likeness (QED) is 0.505. The Balaban J connectivity index is 1.55. The number of aromatic carboxylic acids is 1. The van der Waals surface area contributed by atoms with Crippen LogP contribution in [0.3, 0.4) is 0 Å². The van der Waals surface area contributed by atoms with Gasteiger partial charge >= 0.3 is 5.97 Å². The van der Waals surface area contributed by atoms with E-state index >= 15 is 0 Å². The maximum Gasteiger partial charge on any atom is 0.339 e. The molecule has 0 radical (unpaired) electrons. The van der Waals surface area contributed by atoms with Crippen molar-refractivity contribution < 1.29 is 19.0 Å². The van der Waals surface area contributed by atoms with E-state index in [4.69, 9.17) is 4.74 Å². The van der Waals surface area contributed by atoms with Crippen LogP contribution in [0.4, 0.5) is 10.3 Å². The fourth-order valence-electron chi connectivity index (χ4n) is 2.86. The molecule has 0 bridgehead atoms. The third kappa shape index (κ3) is 6.27. The first-order valence-electron chi connectivity index (χ1n) is 9.37. The predicted molar refractivity (Wildman–Crippen MR) is 108 cm³/mol. The monoisotopic (exact) mass is 395 g/mol. The summed E-state index contributed by atoms with van der Waals surface area (Å²) in [6.45, 7) is 0.684. The van der Waals surface area contributed by atoms with Crippen molar-refractivity contribution in [3.63, 3.8) is 0 Å². The van der Waals surface area contributed by atoms with Crippen molar-refractivity contribution in [1.82, 2.24) is 9.97 Å². The molecule has 0 saturated carbocycles. The lowest BCUT2D eigenvalue weighted by atomic mass is 10.1. The molecule has 0 aliphatic carbocycles. The summed E-state index contributed by atoms with van der Waals surface area (Å²) in [5.41, 5.74) is 1.81. The molecular formula is C22H22FN3O3. The number of nitrogens with zero attached hydrogens (tertiary/aromatic N) is 2. The molecule has 0 amide bonds. The molecule has 7 heteroatoms. The molecule has 150 valence electrons. The highest BCUT2D eigenvalue weighted by atomic mass is 19.1. The maximum atomic E-state index is 13.1. The molecule has 2 aromatic carbocycles. The number of aromatic nitrogens is 2. The molecule has 0 spiro atoms. The summed E-state index contributed by atoms with van der Waals surface area (Å²) in [5.74, 6) is -0.619. The number of carboxylic acid groups (broad SMARTS) is 1. The summed E-state index contributed by atoms with van der Waals surface area (Å²) in [4.78, 5) is 19.9. The number of carbonyl (C=O) groups is 1. The molecule has 6 nitrogen and oxygen atoms in total. The smallest absolute Gasteiger partial charge is 0.339 e. The normalized spacial score (nSPS) is 10.5. The van der Waals surface area contributed by atoms with Gasteiger partial charge in [0, 0.05) is 12.3 Å². The highest BCUT2D eigenvalue weighted by molar-refractivity contribution is 5.88. The fourth-order valence-corrected chi connectivity index (χ4v) is 2.86. The Morgan fingerprint density at radius 2 is 1.93 bits per heavy atom. The second-order valence-electron chi connectivity index (χ2n) is 6.43. The zero-order valence-electron chi connectivity index (χ0n) is 15.8. The first-order valence-corrected chi connectivity index (χ1v) is 9.37. The standard InChI is InChI=1S/C22H22FN3O3/c23-17-9-5-10-18(14-17)29-13-12-24-22-25-15-19(21(27)28)20(26-22)11-4-8-16-6-2-1-3-7-16/h1-3,5-7,9-10,14-15H,4,8,11-13H2,(H,27,28)(H,24,25,26). The van der Waals surface area contributed by atoms with Crippen molar-refractivity contribution in [2.24, 2.45) is 0 Å². The zero-order chi connectivity index (χ0) is 20.5. The van der Waals surface area contributed by atoms with E-state index in [0.29, 0.717) is 30.4 Å². The molecule has 1 aromatic heterocycles. The molecule has 0 saturated heterocycles. The van der Waals surface area contributed by atoms with Crippen LogP contribution in [0.1, 0.15) is 28.0 Å². The van der Waals surface area contributed by atoms with Crippen molar-refractivity contribution in [3.05, 3.63) is 83.4 Å². The van der Waals surface area contributed by atoms with Crippen LogP contribution in [0.15, 0.2) is 60.8 Å². The lowest BCUT2D eigenvalue weighted by Gasteiger charge is -2.10. The van der Waals surface area contributed by atoms with Gasteiger partial charge in [-0.2, -0.15) is 0 Å². The van der Waals surface area contributed by atoms with E-state index < -0.39 is 5.97 Å². The number of hydrogen-bond acceptors (Lipinski definition) is 5. The molecule has 29 heavy (non-hydrogen) atoms. The van der Waals surface area contributed by atoms with E-state index in [1.54, 1.807) is 12.1 Å². The molecular weight excluding hydrogens is 373 g/mol. The van der Waals surface area contributed by atoms with Gasteiger partial charge in [-0.05, 0) is 37.0 Å². The zero-order valence-corrected chi connectivity index (χ0v) is 15.8. The van der Waals surface area contributed by atoms with E-state index in [-0.39, 0.29) is 18.0 Å². The number of anilines is 1. The summed E-state index contributed by atoms with van der Waals surface area (Å²) in [7, 11) is 0. The van der Waals surface area contributed by atoms with E-state index in [0.717, 1.165) is 12.8 Å². The molecule has 3 aromatic rings. The van der Waals surface area contributed by atoms with Crippen LogP contribution in [0.2, 0.25) is 0 Å². The average molecular weight is 395 g/mol. The summed E-state index contributed by atoms with van der Waals surface area (Å²) in [5, 5.41) is 12.4. The molecule has 3 rings (SSSR count). The number of nitrogens with one attached hydrogen (secondary N) is 1. The second-order valence-corrected chi connectivity index (χ2v) is 6.43. The van der Waals surface area contributed by atoms with Crippen molar-refractivity contribution in [1.29, 1.82) is 0 Å². The van der Waals surface area contributed by atoms with Crippen molar-refractivity contribution >= 4 is 11.9 Å². The molecule has 1 heterocycles. The molecule has 0 fully saturated rings. The number of rotatable bonds is 10. The number of halogens is 1. The molecule has 2 N–H and O–H groups in total. The molecule has 0 aliphatic rings. The van der Waals surface area contributed by atoms with Gasteiger partial charge in [0.1, 0.15) is 18.2 Å². The summed E-state index contributed by atoms with van der Waals surface area (Å²) < 4.78 is 18.6. The van der Waals surface area contributed by atoms with Gasteiger partial charge in [-0.15, -0.1) is 0 Å². The largest absolute Gasteiger partial charge is 0.492 e. The molecule has 0 unspecified atom stereocenters. The van der Waals surface area contributed by atoms with Crippen LogP contribution in [0.25, 0.3) is 0 Å². The number of hydrogen-bond donors (Lipinski definition) is 2. The van der Waals surface area contributed by atoms with E-state index in [9.17, 15) is 14.3 Å². The van der Waals surface area contributed by atoms with Gasteiger partial charge in [-0.1, -0.05) is 36.4 Å². The van der Waals surface area contributed by atoms with E-state index in [1.165, 1.54) is 23.9 Å². The topological polar surface area (TPSA) is 84.3 Å². The SMILES string of the molecule is O=C(O)c1cnc(NCCOc2cccc(F)c2)nc1CCCc1ccccc1. The van der Waals surface area contributed by atoms with Gasteiger partial charge in [-0.25, -0.2) is 19.2 Å². The van der Waals surface area contributed by atoms with Crippen LogP contribution < -0.4 is 10.1 Å². The second kappa shape index (κ2) is 10.2. The van der Waals surface area contributed by atoms with Crippen LogP contribution in [-0.2, 0) is 12.8 Å². The van der Waals surface area contributed by atoms with Gasteiger partial charge < -0.3 is 15.2 Å². The van der Waals surface area contributed by atoms with E-state index in [1.807, 2.05) is 30.3 Å². The van der Waals surface area contributed by atoms with Gasteiger partial charge in [0.2, 0.25) is 5.95 Å². The molecule has 0 atom stereocenters. The highest BCUT2D eigenvalue weighted by Crippen LogP contribution is 2.14. The van der Waals surface area contributed by atoms with Crippen LogP contribution in [-0.4, -0.2) is 34.2 Å². The first-order chi connectivity index (χ1) is 14.1. The Morgan fingerprint density at radius 1 is 1.10 bits per heavy atom. The van der Waals surface area contributed by atoms with Gasteiger partial charge in [0.25, 0.3) is 0 Å². The number of carboxylic acids is 1. The predicted octanol–water partition coefficient (Wildman–Crippen LogP) is 3.98.